The summed E-state index contributed by atoms with van der Waals surface area (Å²) in [6.07, 6.45) is 1.86. The highest BCUT2D eigenvalue weighted by atomic mass is 79.9. The van der Waals surface area contributed by atoms with Crippen molar-refractivity contribution in [3.8, 4) is 0 Å². The van der Waals surface area contributed by atoms with Gasteiger partial charge in [-0.3, -0.25) is 4.40 Å². The minimum absolute atomic E-state index is 0.983. The monoisotopic (exact) mass is 210 g/mol. The maximum absolute atomic E-state index is 4.21. The molecule has 0 N–H and O–H groups in total. The maximum Gasteiger partial charge on any atom is 0.137 e. The highest BCUT2D eigenvalue weighted by Gasteiger charge is 1.99. The molecule has 3 heteroatoms. The van der Waals surface area contributed by atoms with Gasteiger partial charge in [-0.1, -0.05) is 6.07 Å². The minimum Gasteiger partial charge on any atom is -0.291 e. The summed E-state index contributed by atoms with van der Waals surface area (Å²) < 4.78 is 3.10. The number of pyridine rings is 1. The molecule has 0 saturated heterocycles. The number of aryl methyl sites for hydroxylation is 1. The SMILES string of the molecule is Cc1cnc2cccc(Br)n12. The molecule has 0 aliphatic rings. The molecular formula is C8H7BrN2. The van der Waals surface area contributed by atoms with Gasteiger partial charge in [-0.05, 0) is 35.0 Å². The number of aromatic nitrogens is 2. The van der Waals surface area contributed by atoms with E-state index in [0.29, 0.717) is 0 Å². The van der Waals surface area contributed by atoms with E-state index in [2.05, 4.69) is 25.3 Å². The summed E-state index contributed by atoms with van der Waals surface area (Å²) >= 11 is 3.45. The highest BCUT2D eigenvalue weighted by Crippen LogP contribution is 2.14. The van der Waals surface area contributed by atoms with Crippen molar-refractivity contribution in [1.82, 2.24) is 9.38 Å². The van der Waals surface area contributed by atoms with Crippen LogP contribution in [0, 0.1) is 6.92 Å². The van der Waals surface area contributed by atoms with Gasteiger partial charge in [0.25, 0.3) is 0 Å². The fraction of sp³-hybridized carbons (Fsp3) is 0.125. The van der Waals surface area contributed by atoms with Gasteiger partial charge in [0, 0.05) is 11.9 Å². The standard InChI is InChI=1S/C8H7BrN2/c1-6-5-10-8-4-2-3-7(9)11(6)8/h2-5H,1H3. The van der Waals surface area contributed by atoms with Crippen LogP contribution < -0.4 is 0 Å². The molecule has 2 rings (SSSR count). The first-order valence-corrected chi connectivity index (χ1v) is 4.17. The first-order chi connectivity index (χ1) is 5.29. The van der Waals surface area contributed by atoms with Crippen molar-refractivity contribution in [1.29, 1.82) is 0 Å². The predicted octanol–water partition coefficient (Wildman–Crippen LogP) is 2.41. The Kier molecular flexibility index (Phi) is 1.46. The van der Waals surface area contributed by atoms with Gasteiger partial charge >= 0.3 is 0 Å². The zero-order valence-electron chi connectivity index (χ0n) is 6.08. The van der Waals surface area contributed by atoms with Gasteiger partial charge in [0.1, 0.15) is 5.65 Å². The lowest BCUT2D eigenvalue weighted by Crippen LogP contribution is -1.87. The van der Waals surface area contributed by atoms with Crippen molar-refractivity contribution in [2.24, 2.45) is 0 Å². The summed E-state index contributed by atoms with van der Waals surface area (Å²) in [6, 6.07) is 5.96. The zero-order chi connectivity index (χ0) is 7.84. The number of hydrogen-bond donors (Lipinski definition) is 0. The molecule has 56 valence electrons. The smallest absolute Gasteiger partial charge is 0.137 e. The summed E-state index contributed by atoms with van der Waals surface area (Å²) in [5, 5.41) is 0. The molecule has 0 aliphatic heterocycles. The average Bonchev–Trinajstić information content (AvgIpc) is 2.34. The minimum atomic E-state index is 0.983. The second kappa shape index (κ2) is 2.34. The van der Waals surface area contributed by atoms with Crippen molar-refractivity contribution in [3.63, 3.8) is 0 Å². The second-order valence-corrected chi connectivity index (χ2v) is 3.25. The van der Waals surface area contributed by atoms with Gasteiger partial charge in [0.2, 0.25) is 0 Å². The molecule has 0 unspecified atom stereocenters. The largest absolute Gasteiger partial charge is 0.291 e. The quantitative estimate of drug-likeness (QED) is 0.611. The van der Waals surface area contributed by atoms with Crippen molar-refractivity contribution in [2.75, 3.05) is 0 Å². The van der Waals surface area contributed by atoms with Gasteiger partial charge in [-0.2, -0.15) is 0 Å². The van der Waals surface area contributed by atoms with E-state index in [0.717, 1.165) is 15.9 Å². The van der Waals surface area contributed by atoms with Gasteiger partial charge in [0.15, 0.2) is 0 Å². The third-order valence-corrected chi connectivity index (χ3v) is 2.28. The summed E-state index contributed by atoms with van der Waals surface area (Å²) in [5.74, 6) is 0. The van der Waals surface area contributed by atoms with Crippen LogP contribution in [0.4, 0.5) is 0 Å². The first-order valence-electron chi connectivity index (χ1n) is 3.37. The van der Waals surface area contributed by atoms with Gasteiger partial charge in [-0.25, -0.2) is 4.98 Å². The Morgan fingerprint density at radius 1 is 1.45 bits per heavy atom. The van der Waals surface area contributed by atoms with Crippen LogP contribution in [0.2, 0.25) is 0 Å². The molecule has 2 nitrogen and oxygen atoms in total. The molecule has 0 aromatic carbocycles. The predicted molar refractivity (Wildman–Crippen MR) is 47.6 cm³/mol. The summed E-state index contributed by atoms with van der Waals surface area (Å²) in [5.41, 5.74) is 2.13. The number of nitrogens with zero attached hydrogens (tertiary/aromatic N) is 2. The molecular weight excluding hydrogens is 204 g/mol. The van der Waals surface area contributed by atoms with Crippen LogP contribution in [0.3, 0.4) is 0 Å². The normalized spacial score (nSPS) is 10.7. The average molecular weight is 211 g/mol. The van der Waals surface area contributed by atoms with Gasteiger partial charge in [0.05, 0.1) is 4.60 Å². The highest BCUT2D eigenvalue weighted by molar-refractivity contribution is 9.10. The molecule has 2 aromatic rings. The van der Waals surface area contributed by atoms with Crippen molar-refractivity contribution < 1.29 is 0 Å². The van der Waals surface area contributed by atoms with Crippen LogP contribution in [0.25, 0.3) is 5.65 Å². The number of hydrogen-bond acceptors (Lipinski definition) is 1. The topological polar surface area (TPSA) is 17.3 Å². The molecule has 0 spiro atoms. The van der Waals surface area contributed by atoms with Crippen LogP contribution in [-0.4, -0.2) is 9.38 Å². The van der Waals surface area contributed by atoms with E-state index in [9.17, 15) is 0 Å². The number of imidazole rings is 1. The number of rotatable bonds is 0. The van der Waals surface area contributed by atoms with Crippen molar-refractivity contribution >= 4 is 21.6 Å². The van der Waals surface area contributed by atoms with Crippen molar-refractivity contribution in [3.05, 3.63) is 34.7 Å². The second-order valence-electron chi connectivity index (χ2n) is 2.44. The van der Waals surface area contributed by atoms with Crippen molar-refractivity contribution in [2.45, 2.75) is 6.92 Å². The molecule has 11 heavy (non-hydrogen) atoms. The molecule has 2 aromatic heterocycles. The Morgan fingerprint density at radius 2 is 2.27 bits per heavy atom. The molecule has 0 saturated carbocycles. The molecule has 0 fully saturated rings. The van der Waals surface area contributed by atoms with E-state index in [1.165, 1.54) is 0 Å². The summed E-state index contributed by atoms with van der Waals surface area (Å²) in [7, 11) is 0. The number of halogens is 1. The van der Waals surface area contributed by atoms with E-state index >= 15 is 0 Å². The van der Waals surface area contributed by atoms with Gasteiger partial charge < -0.3 is 0 Å². The third kappa shape index (κ3) is 0.959. The Hall–Kier alpha value is -0.830. The van der Waals surface area contributed by atoms with E-state index in [4.69, 9.17) is 0 Å². The first kappa shape index (κ1) is 6.85. The third-order valence-electron chi connectivity index (χ3n) is 1.66. The fourth-order valence-corrected chi connectivity index (χ4v) is 1.75. The molecule has 0 amide bonds. The van der Waals surface area contributed by atoms with Gasteiger partial charge in [-0.15, -0.1) is 0 Å². The van der Waals surface area contributed by atoms with Crippen LogP contribution in [0.1, 0.15) is 5.69 Å². The van der Waals surface area contributed by atoms with Crippen LogP contribution in [0.15, 0.2) is 29.0 Å². The Bertz CT molecular complexity index is 392. The Labute approximate surface area is 73.0 Å². The Balaban J connectivity index is 2.96. The van der Waals surface area contributed by atoms with E-state index in [-0.39, 0.29) is 0 Å². The van der Waals surface area contributed by atoms with Crippen LogP contribution >= 0.6 is 15.9 Å². The van der Waals surface area contributed by atoms with Crippen LogP contribution in [-0.2, 0) is 0 Å². The number of fused-ring (bicyclic) bond motifs is 1. The molecule has 2 heterocycles. The summed E-state index contributed by atoms with van der Waals surface area (Å²) in [6.45, 7) is 2.03. The molecule has 0 aliphatic carbocycles. The van der Waals surface area contributed by atoms with Crippen LogP contribution in [0.5, 0.6) is 0 Å². The lowest BCUT2D eigenvalue weighted by atomic mass is 10.4. The zero-order valence-corrected chi connectivity index (χ0v) is 7.67. The van der Waals surface area contributed by atoms with E-state index in [1.807, 2.05) is 31.3 Å². The lowest BCUT2D eigenvalue weighted by Gasteiger charge is -1.97. The fourth-order valence-electron chi connectivity index (χ4n) is 1.14. The van der Waals surface area contributed by atoms with E-state index < -0.39 is 0 Å². The maximum atomic E-state index is 4.21. The Morgan fingerprint density at radius 3 is 3.00 bits per heavy atom. The molecule has 0 radical (unpaired) electrons. The summed E-state index contributed by atoms with van der Waals surface area (Å²) in [4.78, 5) is 4.21. The van der Waals surface area contributed by atoms with E-state index in [1.54, 1.807) is 0 Å². The lowest BCUT2D eigenvalue weighted by molar-refractivity contribution is 1.08. The molecule has 0 bridgehead atoms. The molecule has 0 atom stereocenters.